The molecule has 146 valence electrons. The maximum absolute atomic E-state index is 14.8. The molecule has 1 unspecified atom stereocenters. The summed E-state index contributed by atoms with van der Waals surface area (Å²) in [6, 6.07) is 14.3. The zero-order valence-corrected chi connectivity index (χ0v) is 15.9. The molecule has 7 heteroatoms. The molecule has 1 saturated heterocycles. The molecule has 4 rings (SSSR count). The average Bonchev–Trinajstić information content (AvgIpc) is 2.69. The Morgan fingerprint density at radius 3 is 2.59 bits per heavy atom. The molecule has 29 heavy (non-hydrogen) atoms. The molecular formula is C22H16ClFN2O3. The lowest BCUT2D eigenvalue weighted by Crippen LogP contribution is -2.39. The summed E-state index contributed by atoms with van der Waals surface area (Å²) in [6.45, 7) is 0. The van der Waals surface area contributed by atoms with E-state index in [4.69, 9.17) is 11.6 Å². The topological polar surface area (TPSA) is 68.2 Å². The summed E-state index contributed by atoms with van der Waals surface area (Å²) < 4.78 is 16.0. The first kappa shape index (κ1) is 19.1. The number of carbonyl (C=O) groups excluding carboxylic acids is 2. The molecular weight excluding hydrogens is 395 g/mol. The van der Waals surface area contributed by atoms with Crippen LogP contribution in [0.4, 0.5) is 4.39 Å². The van der Waals surface area contributed by atoms with Crippen molar-refractivity contribution in [3.05, 3.63) is 87.6 Å². The lowest BCUT2D eigenvalue weighted by atomic mass is 9.88. The normalized spacial score (nSPS) is 16.6. The summed E-state index contributed by atoms with van der Waals surface area (Å²) in [5.41, 5.74) is 1.49. The molecule has 0 radical (unpaired) electrons. The maximum Gasteiger partial charge on any atom is 0.255 e. The number of rotatable bonds is 3. The van der Waals surface area contributed by atoms with Crippen LogP contribution in [0.15, 0.2) is 65.6 Å². The monoisotopic (exact) mass is 410 g/mol. The van der Waals surface area contributed by atoms with Gasteiger partial charge in [-0.05, 0) is 35.7 Å². The lowest BCUT2D eigenvalue weighted by Gasteiger charge is -2.23. The summed E-state index contributed by atoms with van der Waals surface area (Å²) >= 11 is 6.57. The third kappa shape index (κ3) is 3.59. The zero-order valence-electron chi connectivity index (χ0n) is 15.2. The number of imide groups is 1. The number of hydrogen-bond acceptors (Lipinski definition) is 3. The standard InChI is InChI=1S/C22H16ClFN2O3/c23-21-14(4-3-5-15(21)16-8-10-19(27)25-22(16)29)13-7-9-18(17(24)12-13)26-11-2-1-6-20(26)28/h1-7,9,11-12,16H,8,10H2,(H,25,27,29). The minimum Gasteiger partial charge on any atom is -0.296 e. The highest BCUT2D eigenvalue weighted by Gasteiger charge is 2.30. The number of halogens is 2. The Morgan fingerprint density at radius 2 is 1.86 bits per heavy atom. The van der Waals surface area contributed by atoms with Crippen LogP contribution < -0.4 is 10.9 Å². The van der Waals surface area contributed by atoms with Crippen LogP contribution in [0.25, 0.3) is 16.8 Å². The molecule has 0 saturated carbocycles. The van der Waals surface area contributed by atoms with Gasteiger partial charge in [-0.3, -0.25) is 24.3 Å². The Morgan fingerprint density at radius 1 is 1.03 bits per heavy atom. The molecule has 3 aromatic rings. The van der Waals surface area contributed by atoms with E-state index in [0.717, 1.165) is 0 Å². The number of nitrogens with zero attached hydrogens (tertiary/aromatic N) is 1. The third-order valence-electron chi connectivity index (χ3n) is 4.98. The molecule has 0 aliphatic carbocycles. The first-order valence-corrected chi connectivity index (χ1v) is 9.43. The Balaban J connectivity index is 1.74. The number of carbonyl (C=O) groups is 2. The number of hydrogen-bond donors (Lipinski definition) is 1. The van der Waals surface area contributed by atoms with Crippen molar-refractivity contribution in [2.45, 2.75) is 18.8 Å². The van der Waals surface area contributed by atoms with Gasteiger partial charge in [0.1, 0.15) is 5.82 Å². The predicted octanol–water partition coefficient (Wildman–Crippen LogP) is 3.82. The van der Waals surface area contributed by atoms with Crippen LogP contribution in [-0.4, -0.2) is 16.4 Å². The van der Waals surface area contributed by atoms with Crippen molar-refractivity contribution in [2.24, 2.45) is 0 Å². The summed E-state index contributed by atoms with van der Waals surface area (Å²) in [6.07, 6.45) is 2.11. The second kappa shape index (κ2) is 7.64. The molecule has 0 bridgehead atoms. The van der Waals surface area contributed by atoms with E-state index < -0.39 is 11.7 Å². The summed E-state index contributed by atoms with van der Waals surface area (Å²) in [7, 11) is 0. The molecule has 1 aliphatic heterocycles. The van der Waals surface area contributed by atoms with Crippen LogP contribution in [-0.2, 0) is 9.59 Å². The van der Waals surface area contributed by atoms with E-state index in [2.05, 4.69) is 5.32 Å². The van der Waals surface area contributed by atoms with Gasteiger partial charge in [-0.25, -0.2) is 4.39 Å². The Hall–Kier alpha value is -3.25. The van der Waals surface area contributed by atoms with Crippen molar-refractivity contribution in [1.82, 2.24) is 9.88 Å². The van der Waals surface area contributed by atoms with Crippen LogP contribution in [0, 0.1) is 5.82 Å². The number of pyridine rings is 1. The minimum atomic E-state index is -0.571. The smallest absolute Gasteiger partial charge is 0.255 e. The van der Waals surface area contributed by atoms with Gasteiger partial charge in [0, 0.05) is 24.2 Å². The highest BCUT2D eigenvalue weighted by Crippen LogP contribution is 2.37. The van der Waals surface area contributed by atoms with Gasteiger partial charge >= 0.3 is 0 Å². The van der Waals surface area contributed by atoms with E-state index in [1.54, 1.807) is 36.4 Å². The number of piperidine rings is 1. The molecule has 1 aliphatic rings. The third-order valence-corrected chi connectivity index (χ3v) is 5.41. The van der Waals surface area contributed by atoms with E-state index in [1.165, 1.54) is 29.0 Å². The van der Waals surface area contributed by atoms with E-state index in [-0.39, 0.29) is 29.5 Å². The number of nitrogens with one attached hydrogen (secondary N) is 1. The van der Waals surface area contributed by atoms with E-state index >= 15 is 0 Å². The van der Waals surface area contributed by atoms with Gasteiger partial charge in [0.15, 0.2) is 0 Å². The highest BCUT2D eigenvalue weighted by atomic mass is 35.5. The molecule has 2 heterocycles. The Labute approximate surface area is 170 Å². The van der Waals surface area contributed by atoms with Gasteiger partial charge in [-0.15, -0.1) is 0 Å². The zero-order chi connectivity index (χ0) is 20.5. The quantitative estimate of drug-likeness (QED) is 0.667. The van der Waals surface area contributed by atoms with Crippen molar-refractivity contribution in [3.8, 4) is 16.8 Å². The van der Waals surface area contributed by atoms with Crippen molar-refractivity contribution >= 4 is 23.4 Å². The molecule has 1 fully saturated rings. The summed E-state index contributed by atoms with van der Waals surface area (Å²) in [5.74, 6) is -1.79. The van der Waals surface area contributed by atoms with E-state index in [0.29, 0.717) is 28.1 Å². The maximum atomic E-state index is 14.8. The van der Waals surface area contributed by atoms with Gasteiger partial charge < -0.3 is 0 Å². The molecule has 5 nitrogen and oxygen atoms in total. The van der Waals surface area contributed by atoms with Gasteiger partial charge in [0.05, 0.1) is 16.6 Å². The van der Waals surface area contributed by atoms with E-state index in [1.807, 2.05) is 0 Å². The van der Waals surface area contributed by atoms with Gasteiger partial charge in [-0.1, -0.05) is 41.9 Å². The Kier molecular flexibility index (Phi) is 5.03. The summed E-state index contributed by atoms with van der Waals surface area (Å²) in [4.78, 5) is 35.6. The van der Waals surface area contributed by atoms with Crippen LogP contribution in [0.5, 0.6) is 0 Å². The first-order valence-electron chi connectivity index (χ1n) is 9.06. The fourth-order valence-corrected chi connectivity index (χ4v) is 3.90. The van der Waals surface area contributed by atoms with Crippen LogP contribution >= 0.6 is 11.6 Å². The van der Waals surface area contributed by atoms with Crippen molar-refractivity contribution < 1.29 is 14.0 Å². The molecule has 0 spiro atoms. The minimum absolute atomic E-state index is 0.136. The summed E-state index contributed by atoms with van der Waals surface area (Å²) in [5, 5.41) is 2.66. The van der Waals surface area contributed by atoms with Crippen molar-refractivity contribution in [3.63, 3.8) is 0 Å². The van der Waals surface area contributed by atoms with Crippen molar-refractivity contribution in [1.29, 1.82) is 0 Å². The van der Waals surface area contributed by atoms with Gasteiger partial charge in [-0.2, -0.15) is 0 Å². The van der Waals surface area contributed by atoms with Crippen LogP contribution in [0.2, 0.25) is 5.02 Å². The van der Waals surface area contributed by atoms with Gasteiger partial charge in [0.25, 0.3) is 5.56 Å². The fraction of sp³-hybridized carbons (Fsp3) is 0.136. The number of benzene rings is 2. The average molecular weight is 411 g/mol. The largest absolute Gasteiger partial charge is 0.296 e. The Bertz CT molecular complexity index is 1190. The molecule has 2 aromatic carbocycles. The lowest BCUT2D eigenvalue weighted by molar-refractivity contribution is -0.134. The van der Waals surface area contributed by atoms with Gasteiger partial charge in [0.2, 0.25) is 11.8 Å². The number of aromatic nitrogens is 1. The van der Waals surface area contributed by atoms with Crippen LogP contribution in [0.1, 0.15) is 24.3 Å². The first-order chi connectivity index (χ1) is 14.0. The molecule has 1 N–H and O–H groups in total. The van der Waals surface area contributed by atoms with Crippen LogP contribution in [0.3, 0.4) is 0 Å². The van der Waals surface area contributed by atoms with Crippen molar-refractivity contribution in [2.75, 3.05) is 0 Å². The SMILES string of the molecule is O=C1CCC(c2cccc(-c3ccc(-n4ccccc4=O)c(F)c3)c2Cl)C(=O)N1. The fourth-order valence-electron chi connectivity index (χ4n) is 3.53. The predicted molar refractivity (Wildman–Crippen MR) is 108 cm³/mol. The second-order valence-electron chi connectivity index (χ2n) is 6.79. The molecule has 1 atom stereocenters. The second-order valence-corrected chi connectivity index (χ2v) is 7.17. The molecule has 2 amide bonds. The highest BCUT2D eigenvalue weighted by molar-refractivity contribution is 6.34. The van der Waals surface area contributed by atoms with E-state index in [9.17, 15) is 18.8 Å². The molecule has 1 aromatic heterocycles. The number of amides is 2.